The van der Waals surface area contributed by atoms with Crippen molar-refractivity contribution in [2.24, 2.45) is 5.92 Å². The molecule has 8 amide bonds. The molecule has 0 spiro atoms. The standard InChI is InChI=1S/C39H62N8O11/c1-9-10-11-12-13-26-14-16-27(17-15-26)35(54)46-29(21-48)37(56)43-23(4)33(52)42-20-31(51)47(8)32(25(6)49)39(58)44-24(5)34(53)45-28(18-22(2)3)36(55)41-19-30(50)38(57)40-7/h14-17,22-25,28-29,32,48-49H,9-13,18-21H2,1-8H3,(H,40,57)(H,41,55)(H,42,52)(H,43,56)(H,44,58)(H,45,53)(H,46,54)/t23-,24+,25?,28+,29-,32+/m1/s1. The number of carbonyl (C=O) groups excluding carboxylic acids is 9. The molecule has 19 heteroatoms. The van der Waals surface area contributed by atoms with E-state index in [2.05, 4.69) is 44.1 Å². The average Bonchev–Trinajstić information content (AvgIpc) is 3.18. The Morgan fingerprint density at radius 3 is 1.83 bits per heavy atom. The number of Topliss-reactive ketones (excluding diaryl/α,β-unsaturated/α-hetero) is 1. The molecule has 58 heavy (non-hydrogen) atoms. The Kier molecular flexibility index (Phi) is 22.5. The minimum Gasteiger partial charge on any atom is -0.394 e. The van der Waals surface area contributed by atoms with Crippen molar-refractivity contribution in [2.75, 3.05) is 33.8 Å². The summed E-state index contributed by atoms with van der Waals surface area (Å²) in [4.78, 5) is 115. The first kappa shape index (κ1) is 50.6. The smallest absolute Gasteiger partial charge is 0.289 e. The molecule has 0 aliphatic heterocycles. The number of likely N-dealkylation sites (N-methyl/N-ethyl adjacent to an activating group) is 2. The molecule has 1 aromatic rings. The molecular weight excluding hydrogens is 756 g/mol. The van der Waals surface area contributed by atoms with E-state index in [1.807, 2.05) is 12.1 Å². The number of nitrogens with one attached hydrogen (secondary N) is 7. The zero-order valence-electron chi connectivity index (χ0n) is 34.7. The van der Waals surface area contributed by atoms with Crippen LogP contribution in [0.3, 0.4) is 0 Å². The van der Waals surface area contributed by atoms with Gasteiger partial charge in [-0.3, -0.25) is 43.2 Å². The van der Waals surface area contributed by atoms with Crippen molar-refractivity contribution in [1.82, 2.24) is 42.1 Å². The maximum Gasteiger partial charge on any atom is 0.289 e. The third kappa shape index (κ3) is 17.4. The van der Waals surface area contributed by atoms with Gasteiger partial charge in [0.05, 0.1) is 25.8 Å². The number of rotatable bonds is 25. The number of benzene rings is 1. The molecule has 0 saturated heterocycles. The number of carbonyl (C=O) groups is 9. The predicted octanol–water partition coefficient (Wildman–Crippen LogP) is -1.80. The fourth-order valence-corrected chi connectivity index (χ4v) is 5.58. The minimum absolute atomic E-state index is 0.0849. The van der Waals surface area contributed by atoms with Crippen molar-refractivity contribution in [1.29, 1.82) is 0 Å². The number of aryl methyl sites for hydroxylation is 1. The van der Waals surface area contributed by atoms with Gasteiger partial charge in [0.2, 0.25) is 41.2 Å². The molecule has 1 unspecified atom stereocenters. The molecular formula is C39H62N8O11. The molecule has 0 bridgehead atoms. The second kappa shape index (κ2) is 25.7. The number of aliphatic hydroxyl groups is 2. The highest BCUT2D eigenvalue weighted by Crippen LogP contribution is 2.11. The zero-order chi connectivity index (χ0) is 44.1. The van der Waals surface area contributed by atoms with Crippen LogP contribution in [0.5, 0.6) is 0 Å². The Morgan fingerprint density at radius 1 is 0.690 bits per heavy atom. The first-order chi connectivity index (χ1) is 27.3. The van der Waals surface area contributed by atoms with Crippen LogP contribution in [-0.4, -0.2) is 138 Å². The van der Waals surface area contributed by atoms with Crippen LogP contribution in [0, 0.1) is 5.92 Å². The molecule has 1 rings (SSSR count). The molecule has 0 saturated carbocycles. The molecule has 324 valence electrons. The molecule has 0 aliphatic carbocycles. The molecule has 0 aromatic heterocycles. The first-order valence-electron chi connectivity index (χ1n) is 19.4. The Bertz CT molecular complexity index is 1590. The normalized spacial score (nSPS) is 14.0. The van der Waals surface area contributed by atoms with E-state index in [1.165, 1.54) is 34.9 Å². The highest BCUT2D eigenvalue weighted by atomic mass is 16.3. The van der Waals surface area contributed by atoms with Crippen LogP contribution in [0.2, 0.25) is 0 Å². The van der Waals surface area contributed by atoms with Gasteiger partial charge in [0, 0.05) is 19.7 Å². The van der Waals surface area contributed by atoms with Crippen molar-refractivity contribution in [3.8, 4) is 0 Å². The van der Waals surface area contributed by atoms with E-state index in [4.69, 9.17) is 0 Å². The van der Waals surface area contributed by atoms with Gasteiger partial charge in [-0.25, -0.2) is 0 Å². The largest absolute Gasteiger partial charge is 0.394 e. The fourth-order valence-electron chi connectivity index (χ4n) is 5.58. The van der Waals surface area contributed by atoms with Crippen LogP contribution in [-0.2, 0) is 44.8 Å². The highest BCUT2D eigenvalue weighted by Gasteiger charge is 2.34. The van der Waals surface area contributed by atoms with E-state index in [-0.39, 0.29) is 17.9 Å². The fraction of sp³-hybridized carbons (Fsp3) is 0.615. The van der Waals surface area contributed by atoms with Crippen molar-refractivity contribution in [3.63, 3.8) is 0 Å². The third-order valence-electron chi connectivity index (χ3n) is 9.04. The highest BCUT2D eigenvalue weighted by molar-refractivity contribution is 6.37. The molecule has 1 aromatic carbocycles. The topological polar surface area (TPSA) is 282 Å². The summed E-state index contributed by atoms with van der Waals surface area (Å²) >= 11 is 0. The Morgan fingerprint density at radius 2 is 1.28 bits per heavy atom. The van der Waals surface area contributed by atoms with Gasteiger partial charge in [0.15, 0.2) is 0 Å². The van der Waals surface area contributed by atoms with Gasteiger partial charge in [0.25, 0.3) is 11.8 Å². The van der Waals surface area contributed by atoms with Crippen LogP contribution >= 0.6 is 0 Å². The Hall–Kier alpha value is -5.43. The summed E-state index contributed by atoms with van der Waals surface area (Å²) < 4.78 is 0. The van der Waals surface area contributed by atoms with E-state index in [1.54, 1.807) is 26.0 Å². The van der Waals surface area contributed by atoms with Gasteiger partial charge in [-0.15, -0.1) is 0 Å². The van der Waals surface area contributed by atoms with Crippen LogP contribution in [0.1, 0.15) is 89.6 Å². The quantitative estimate of drug-likeness (QED) is 0.0392. The van der Waals surface area contributed by atoms with Crippen LogP contribution in [0.25, 0.3) is 0 Å². The molecule has 6 atom stereocenters. The van der Waals surface area contributed by atoms with Crippen molar-refractivity contribution < 1.29 is 53.4 Å². The lowest BCUT2D eigenvalue weighted by Gasteiger charge is -2.31. The van der Waals surface area contributed by atoms with Gasteiger partial charge >= 0.3 is 0 Å². The second-order valence-corrected chi connectivity index (χ2v) is 14.5. The van der Waals surface area contributed by atoms with E-state index >= 15 is 0 Å². The number of hydrogen-bond donors (Lipinski definition) is 9. The number of nitrogens with zero attached hydrogens (tertiary/aromatic N) is 1. The first-order valence-corrected chi connectivity index (χ1v) is 19.4. The number of ketones is 1. The summed E-state index contributed by atoms with van der Waals surface area (Å²) in [5.41, 5.74) is 1.35. The monoisotopic (exact) mass is 818 g/mol. The number of hydrogen-bond acceptors (Lipinski definition) is 11. The maximum atomic E-state index is 13.2. The van der Waals surface area contributed by atoms with E-state index < -0.39 is 109 Å². The summed E-state index contributed by atoms with van der Waals surface area (Å²) in [6.07, 6.45) is 4.01. The minimum atomic E-state index is -1.53. The zero-order valence-corrected chi connectivity index (χ0v) is 34.7. The van der Waals surface area contributed by atoms with Crippen LogP contribution in [0.15, 0.2) is 24.3 Å². The SMILES string of the molecule is CCCCCCc1ccc(C(=O)N[C@H](CO)C(=O)N[C@H](C)C(=O)NCC(=O)N(C)[C@H](C(=O)N[C@@H](C)C(=O)N[C@@H](CC(C)C)C(=O)NCC(=O)C(=O)NC)C(C)O)cc1. The molecule has 0 aliphatic rings. The van der Waals surface area contributed by atoms with Gasteiger partial charge in [-0.1, -0.05) is 52.2 Å². The average molecular weight is 819 g/mol. The van der Waals surface area contributed by atoms with Crippen LogP contribution < -0.4 is 37.2 Å². The van der Waals surface area contributed by atoms with Gasteiger partial charge in [-0.05, 0) is 63.6 Å². The van der Waals surface area contributed by atoms with Crippen molar-refractivity contribution in [2.45, 2.75) is 116 Å². The van der Waals surface area contributed by atoms with E-state index in [9.17, 15) is 53.4 Å². The number of amides is 8. The summed E-state index contributed by atoms with van der Waals surface area (Å²) in [7, 11) is 2.45. The van der Waals surface area contributed by atoms with Gasteiger partial charge < -0.3 is 52.3 Å². The molecule has 9 N–H and O–H groups in total. The lowest BCUT2D eigenvalue weighted by molar-refractivity contribution is -0.144. The lowest BCUT2D eigenvalue weighted by atomic mass is 10.0. The van der Waals surface area contributed by atoms with Gasteiger partial charge in [0.1, 0.15) is 30.2 Å². The van der Waals surface area contributed by atoms with E-state index in [0.717, 1.165) is 42.6 Å². The lowest BCUT2D eigenvalue weighted by Crippen LogP contribution is -2.59. The predicted molar refractivity (Wildman–Crippen MR) is 213 cm³/mol. The number of unbranched alkanes of at least 4 members (excludes halogenated alkanes) is 3. The Labute approximate surface area is 339 Å². The molecule has 19 nitrogen and oxygen atoms in total. The summed E-state index contributed by atoms with van der Waals surface area (Å²) in [6.45, 7) is 7.55. The molecule has 0 radical (unpaired) electrons. The maximum absolute atomic E-state index is 13.2. The summed E-state index contributed by atoms with van der Waals surface area (Å²) in [5, 5.41) is 36.7. The third-order valence-corrected chi connectivity index (χ3v) is 9.04. The van der Waals surface area contributed by atoms with Crippen molar-refractivity contribution in [3.05, 3.63) is 35.4 Å². The Balaban J connectivity index is 2.77. The number of aliphatic hydroxyl groups excluding tert-OH is 2. The molecule has 0 heterocycles. The summed E-state index contributed by atoms with van der Waals surface area (Å²) in [5.74, 6) is -7.43. The summed E-state index contributed by atoms with van der Waals surface area (Å²) in [6, 6.07) is 0.377. The van der Waals surface area contributed by atoms with Gasteiger partial charge in [-0.2, -0.15) is 0 Å². The van der Waals surface area contributed by atoms with Crippen molar-refractivity contribution >= 4 is 53.0 Å². The molecule has 0 fully saturated rings. The van der Waals surface area contributed by atoms with Crippen LogP contribution in [0.4, 0.5) is 0 Å². The second-order valence-electron chi connectivity index (χ2n) is 14.5. The van der Waals surface area contributed by atoms with E-state index in [0.29, 0.717) is 0 Å².